The standard InChI is InChI=1S/C11H8Cl2N2O3S/c1-2-5-19(16,17)11-15-14-10(18-11)8-4-3-7(12)6-9(8)13/h2-4,6H,1,5H2. The summed E-state index contributed by atoms with van der Waals surface area (Å²) < 4.78 is 28.5. The second-order valence-corrected chi connectivity index (χ2v) is 6.32. The highest BCUT2D eigenvalue weighted by Crippen LogP contribution is 2.30. The van der Waals surface area contributed by atoms with E-state index >= 15 is 0 Å². The van der Waals surface area contributed by atoms with E-state index in [-0.39, 0.29) is 11.6 Å². The molecule has 0 aliphatic rings. The lowest BCUT2D eigenvalue weighted by Gasteiger charge is -1.99. The Kier molecular flexibility index (Phi) is 3.93. The number of rotatable bonds is 4. The maximum absolute atomic E-state index is 11.7. The average Bonchev–Trinajstić information content (AvgIpc) is 2.78. The normalized spacial score (nSPS) is 11.5. The molecule has 5 nitrogen and oxygen atoms in total. The predicted octanol–water partition coefficient (Wildman–Crippen LogP) is 3.00. The molecule has 0 fully saturated rings. The van der Waals surface area contributed by atoms with Crippen molar-refractivity contribution >= 4 is 33.0 Å². The number of hydrogen-bond donors (Lipinski definition) is 0. The van der Waals surface area contributed by atoms with E-state index in [1.165, 1.54) is 12.1 Å². The third kappa shape index (κ3) is 2.97. The van der Waals surface area contributed by atoms with Crippen LogP contribution >= 0.6 is 23.2 Å². The molecule has 0 saturated heterocycles. The molecule has 0 saturated carbocycles. The molecule has 8 heteroatoms. The van der Waals surface area contributed by atoms with Crippen LogP contribution in [0, 0.1) is 0 Å². The number of aromatic nitrogens is 2. The van der Waals surface area contributed by atoms with E-state index < -0.39 is 15.1 Å². The van der Waals surface area contributed by atoms with Gasteiger partial charge in [-0.1, -0.05) is 34.4 Å². The number of hydrogen-bond acceptors (Lipinski definition) is 5. The number of nitrogens with zero attached hydrogens (tertiary/aromatic N) is 2. The third-order valence-corrected chi connectivity index (χ3v) is 4.09. The summed E-state index contributed by atoms with van der Waals surface area (Å²) in [6, 6.07) is 4.66. The fourth-order valence-corrected chi connectivity index (χ4v) is 2.65. The van der Waals surface area contributed by atoms with Crippen molar-refractivity contribution in [2.24, 2.45) is 0 Å². The quantitative estimate of drug-likeness (QED) is 0.810. The van der Waals surface area contributed by atoms with Gasteiger partial charge in [0.2, 0.25) is 15.7 Å². The molecule has 0 unspecified atom stereocenters. The molecule has 0 bridgehead atoms. The van der Waals surface area contributed by atoms with E-state index in [1.807, 2.05) is 0 Å². The Labute approximate surface area is 119 Å². The van der Waals surface area contributed by atoms with Gasteiger partial charge in [0, 0.05) is 5.02 Å². The molecule has 0 spiro atoms. The first-order valence-electron chi connectivity index (χ1n) is 5.06. The van der Waals surface area contributed by atoms with Crippen LogP contribution in [-0.4, -0.2) is 24.4 Å². The van der Waals surface area contributed by atoms with Gasteiger partial charge in [-0.25, -0.2) is 8.42 Å². The molecule has 1 heterocycles. The van der Waals surface area contributed by atoms with Crippen LogP contribution in [0.5, 0.6) is 0 Å². The molecule has 100 valence electrons. The summed E-state index contributed by atoms with van der Waals surface area (Å²) in [5.74, 6) is -0.257. The molecule has 19 heavy (non-hydrogen) atoms. The first-order chi connectivity index (χ1) is 8.94. The van der Waals surface area contributed by atoms with Crippen LogP contribution < -0.4 is 0 Å². The van der Waals surface area contributed by atoms with Gasteiger partial charge < -0.3 is 4.42 Å². The fraction of sp³-hybridized carbons (Fsp3) is 0.0909. The van der Waals surface area contributed by atoms with Gasteiger partial charge in [-0.05, 0) is 18.2 Å². The maximum atomic E-state index is 11.7. The SMILES string of the molecule is C=CCS(=O)(=O)c1nnc(-c2ccc(Cl)cc2Cl)o1. The van der Waals surface area contributed by atoms with E-state index in [1.54, 1.807) is 12.1 Å². The molecule has 0 amide bonds. The molecule has 2 aromatic rings. The van der Waals surface area contributed by atoms with Crippen molar-refractivity contribution in [3.8, 4) is 11.5 Å². The van der Waals surface area contributed by atoms with Crippen LogP contribution in [0.25, 0.3) is 11.5 Å². The van der Waals surface area contributed by atoms with E-state index in [4.69, 9.17) is 27.6 Å². The molecule has 1 aromatic heterocycles. The molecule has 1 aromatic carbocycles. The van der Waals surface area contributed by atoms with Crippen molar-refractivity contribution in [3.63, 3.8) is 0 Å². The van der Waals surface area contributed by atoms with Crippen molar-refractivity contribution < 1.29 is 12.8 Å². The first kappa shape index (κ1) is 14.0. The third-order valence-electron chi connectivity index (χ3n) is 2.17. The van der Waals surface area contributed by atoms with E-state index in [0.29, 0.717) is 15.6 Å². The summed E-state index contributed by atoms with van der Waals surface area (Å²) in [5.41, 5.74) is 0.415. The molecule has 0 radical (unpaired) electrons. The van der Waals surface area contributed by atoms with Gasteiger partial charge in [0.05, 0.1) is 16.3 Å². The largest absolute Gasteiger partial charge is 0.408 e. The summed E-state index contributed by atoms with van der Waals surface area (Å²) in [6.45, 7) is 3.36. The minimum absolute atomic E-state index is 0.0179. The van der Waals surface area contributed by atoms with Crippen molar-refractivity contribution in [3.05, 3.63) is 40.9 Å². The van der Waals surface area contributed by atoms with Gasteiger partial charge in [-0.2, -0.15) is 0 Å². The Morgan fingerprint density at radius 1 is 1.32 bits per heavy atom. The van der Waals surface area contributed by atoms with Gasteiger partial charge in [0.15, 0.2) is 0 Å². The van der Waals surface area contributed by atoms with E-state index in [9.17, 15) is 8.42 Å². The summed E-state index contributed by atoms with van der Waals surface area (Å²) in [5, 5.41) is 7.45. The lowest BCUT2D eigenvalue weighted by molar-refractivity contribution is 0.441. The van der Waals surface area contributed by atoms with Gasteiger partial charge in [0.1, 0.15) is 0 Å². The summed E-state index contributed by atoms with van der Waals surface area (Å²) >= 11 is 11.7. The minimum Gasteiger partial charge on any atom is -0.408 e. The molecule has 0 aliphatic carbocycles. The van der Waals surface area contributed by atoms with Crippen molar-refractivity contribution in [2.75, 3.05) is 5.75 Å². The molecule has 0 atom stereocenters. The Morgan fingerprint density at radius 2 is 2.05 bits per heavy atom. The molecule has 0 aliphatic heterocycles. The van der Waals surface area contributed by atoms with Gasteiger partial charge in [-0.3, -0.25) is 0 Å². The fourth-order valence-electron chi connectivity index (χ4n) is 1.33. The van der Waals surface area contributed by atoms with Gasteiger partial charge in [-0.15, -0.1) is 11.7 Å². The highest BCUT2D eigenvalue weighted by atomic mass is 35.5. The number of halogens is 2. The number of sulfone groups is 1. The van der Waals surface area contributed by atoms with Gasteiger partial charge >= 0.3 is 5.22 Å². The minimum atomic E-state index is -3.65. The second-order valence-electron chi connectivity index (χ2n) is 3.57. The molecular formula is C11H8Cl2N2O3S. The first-order valence-corrected chi connectivity index (χ1v) is 7.47. The second kappa shape index (κ2) is 5.32. The van der Waals surface area contributed by atoms with Crippen LogP contribution in [0.2, 0.25) is 10.0 Å². The lowest BCUT2D eigenvalue weighted by atomic mass is 10.2. The molecule has 2 rings (SSSR count). The lowest BCUT2D eigenvalue weighted by Crippen LogP contribution is -2.04. The highest BCUT2D eigenvalue weighted by Gasteiger charge is 2.22. The van der Waals surface area contributed by atoms with Crippen LogP contribution in [0.15, 0.2) is 40.5 Å². The van der Waals surface area contributed by atoms with E-state index in [0.717, 1.165) is 0 Å². The van der Waals surface area contributed by atoms with Crippen molar-refractivity contribution in [1.82, 2.24) is 10.2 Å². The Bertz CT molecular complexity index is 725. The van der Waals surface area contributed by atoms with Crippen LogP contribution in [0.1, 0.15) is 0 Å². The Balaban J connectivity index is 2.44. The van der Waals surface area contributed by atoms with Crippen molar-refractivity contribution in [2.45, 2.75) is 5.22 Å². The Hall–Kier alpha value is -1.37. The zero-order chi connectivity index (χ0) is 14.0. The monoisotopic (exact) mass is 318 g/mol. The summed E-state index contributed by atoms with van der Waals surface area (Å²) in [7, 11) is -3.65. The van der Waals surface area contributed by atoms with Crippen LogP contribution in [0.3, 0.4) is 0 Å². The maximum Gasteiger partial charge on any atom is 0.336 e. The van der Waals surface area contributed by atoms with Crippen LogP contribution in [-0.2, 0) is 9.84 Å². The predicted molar refractivity (Wildman–Crippen MR) is 72.0 cm³/mol. The molecule has 0 N–H and O–H groups in total. The topological polar surface area (TPSA) is 73.1 Å². The molecular weight excluding hydrogens is 311 g/mol. The average molecular weight is 319 g/mol. The van der Waals surface area contributed by atoms with E-state index in [2.05, 4.69) is 16.8 Å². The number of benzene rings is 1. The zero-order valence-electron chi connectivity index (χ0n) is 9.51. The summed E-state index contributed by atoms with van der Waals surface area (Å²) in [4.78, 5) is 0. The smallest absolute Gasteiger partial charge is 0.336 e. The summed E-state index contributed by atoms with van der Waals surface area (Å²) in [6.07, 6.45) is 1.24. The van der Waals surface area contributed by atoms with Crippen molar-refractivity contribution in [1.29, 1.82) is 0 Å². The van der Waals surface area contributed by atoms with Gasteiger partial charge in [0.25, 0.3) is 0 Å². The van der Waals surface area contributed by atoms with Crippen LogP contribution in [0.4, 0.5) is 0 Å². The highest BCUT2D eigenvalue weighted by molar-refractivity contribution is 7.91. The Morgan fingerprint density at radius 3 is 2.68 bits per heavy atom. The zero-order valence-corrected chi connectivity index (χ0v) is 11.8.